The minimum absolute atomic E-state index is 0.0479. The molecular formula is C47H36O3. The summed E-state index contributed by atoms with van der Waals surface area (Å²) in [5.41, 5.74) is 8.21. The van der Waals surface area contributed by atoms with Crippen molar-refractivity contribution < 1.29 is 15.3 Å². The number of hydrogen-bond acceptors (Lipinski definition) is 3. The zero-order chi connectivity index (χ0) is 34.7. The fourth-order valence-corrected chi connectivity index (χ4v) is 7.59. The van der Waals surface area contributed by atoms with Crippen LogP contribution in [0.5, 0.6) is 17.2 Å². The predicted octanol–water partition coefficient (Wildman–Crippen LogP) is 12.7. The highest BCUT2D eigenvalue weighted by atomic mass is 16.3. The molecule has 0 radical (unpaired) electrons. The van der Waals surface area contributed by atoms with E-state index >= 15 is 0 Å². The fourth-order valence-electron chi connectivity index (χ4n) is 7.59. The van der Waals surface area contributed by atoms with Crippen LogP contribution in [0.2, 0.25) is 0 Å². The highest BCUT2D eigenvalue weighted by molar-refractivity contribution is 6.23. The average Bonchev–Trinajstić information content (AvgIpc) is 3.15. The molecule has 8 rings (SSSR count). The third-order valence-corrected chi connectivity index (χ3v) is 10.3. The number of rotatable bonds is 5. The molecular weight excluding hydrogens is 613 g/mol. The number of phenolic OH excluding ortho intramolecular Hbond substituents is 3. The third kappa shape index (κ3) is 4.74. The Morgan fingerprint density at radius 2 is 1.00 bits per heavy atom. The maximum atomic E-state index is 11.3. The molecule has 0 aliphatic heterocycles. The van der Waals surface area contributed by atoms with Gasteiger partial charge in [-0.15, -0.1) is 0 Å². The van der Waals surface area contributed by atoms with E-state index < -0.39 is 0 Å². The van der Waals surface area contributed by atoms with E-state index in [1.807, 2.05) is 31.2 Å². The fraction of sp³-hybridized carbons (Fsp3) is 0.0638. The second-order valence-electron chi connectivity index (χ2n) is 13.0. The van der Waals surface area contributed by atoms with E-state index in [0.717, 1.165) is 60.3 Å². The number of benzene rings is 8. The van der Waals surface area contributed by atoms with Crippen LogP contribution < -0.4 is 0 Å². The van der Waals surface area contributed by atoms with E-state index in [1.165, 1.54) is 16.2 Å². The van der Waals surface area contributed by atoms with Crippen molar-refractivity contribution in [1.82, 2.24) is 0 Å². The van der Waals surface area contributed by atoms with Gasteiger partial charge in [-0.05, 0) is 127 Å². The van der Waals surface area contributed by atoms with Gasteiger partial charge in [0.1, 0.15) is 5.75 Å². The van der Waals surface area contributed by atoms with E-state index in [4.69, 9.17) is 0 Å². The normalized spacial score (nSPS) is 11.7. The topological polar surface area (TPSA) is 60.7 Å². The zero-order valence-corrected chi connectivity index (χ0v) is 28.3. The van der Waals surface area contributed by atoms with Crippen molar-refractivity contribution in [2.45, 2.75) is 20.8 Å². The Morgan fingerprint density at radius 1 is 0.460 bits per heavy atom. The van der Waals surface area contributed by atoms with Crippen LogP contribution in [0.15, 0.2) is 128 Å². The highest BCUT2D eigenvalue weighted by Crippen LogP contribution is 2.50. The minimum atomic E-state index is -0.332. The van der Waals surface area contributed by atoms with Crippen molar-refractivity contribution in [3.63, 3.8) is 0 Å². The lowest BCUT2D eigenvalue weighted by atomic mass is 9.83. The summed E-state index contributed by atoms with van der Waals surface area (Å²) in [5.74, 6) is -0.607. The molecule has 0 saturated heterocycles. The molecule has 0 aromatic heterocycles. The van der Waals surface area contributed by atoms with Gasteiger partial charge in [-0.3, -0.25) is 0 Å². The molecule has 0 fully saturated rings. The predicted molar refractivity (Wildman–Crippen MR) is 212 cm³/mol. The summed E-state index contributed by atoms with van der Waals surface area (Å²) in [6.07, 6.45) is 6.03. The maximum Gasteiger partial charge on any atom is 0.169 e. The number of fused-ring (bicyclic) bond motifs is 5. The maximum absolute atomic E-state index is 11.3. The van der Waals surface area contributed by atoms with E-state index in [2.05, 4.69) is 116 Å². The summed E-state index contributed by atoms with van der Waals surface area (Å²) in [4.78, 5) is 0. The Morgan fingerprint density at radius 3 is 1.72 bits per heavy atom. The minimum Gasteiger partial charge on any atom is -0.507 e. The van der Waals surface area contributed by atoms with Gasteiger partial charge in [-0.1, -0.05) is 122 Å². The van der Waals surface area contributed by atoms with Crippen molar-refractivity contribution in [1.29, 1.82) is 0 Å². The molecule has 0 aliphatic rings. The molecule has 0 aliphatic carbocycles. The standard InChI is InChI=1S/C47H36O3/c1-5-11-31-24-33(19-16-29(31)6-2)42-38-14-9-10-15-39(38)43(34-20-22-37-32(25-34)18-17-30-12-7-8-13-36(30)37)41-26-35(21-23-40(41)42)44-45(48)27(3)28(4)46(49)47(44)50/h5-26,48-50H,2H2,1,3-4H3/b11-5-. The van der Waals surface area contributed by atoms with Crippen LogP contribution in [0, 0.1) is 13.8 Å². The summed E-state index contributed by atoms with van der Waals surface area (Å²) in [5, 5.41) is 42.4. The molecule has 8 aromatic carbocycles. The summed E-state index contributed by atoms with van der Waals surface area (Å²) in [7, 11) is 0. The summed E-state index contributed by atoms with van der Waals surface area (Å²) >= 11 is 0. The van der Waals surface area contributed by atoms with Gasteiger partial charge >= 0.3 is 0 Å². The van der Waals surface area contributed by atoms with Gasteiger partial charge in [0.25, 0.3) is 0 Å². The van der Waals surface area contributed by atoms with Crippen LogP contribution in [0.1, 0.15) is 29.2 Å². The smallest absolute Gasteiger partial charge is 0.169 e. The van der Waals surface area contributed by atoms with Crippen LogP contribution >= 0.6 is 0 Å². The summed E-state index contributed by atoms with van der Waals surface area (Å²) < 4.78 is 0. The Kier molecular flexibility index (Phi) is 7.42. The van der Waals surface area contributed by atoms with E-state index in [0.29, 0.717) is 16.7 Å². The molecule has 0 bridgehead atoms. The number of phenols is 3. The second-order valence-corrected chi connectivity index (χ2v) is 13.0. The second kappa shape index (κ2) is 12.0. The SMILES string of the molecule is C=Cc1ccc(-c2c3ccccc3c(-c3ccc4c(ccc5ccccc54)c3)c3cc(-c4c(O)c(C)c(C)c(O)c4O)ccc23)cc1/C=C\C. The summed E-state index contributed by atoms with van der Waals surface area (Å²) in [6, 6.07) is 40.5. The Balaban J connectivity index is 1.51. The average molecular weight is 649 g/mol. The number of hydrogen-bond donors (Lipinski definition) is 3. The van der Waals surface area contributed by atoms with Crippen LogP contribution in [-0.4, -0.2) is 15.3 Å². The van der Waals surface area contributed by atoms with Crippen LogP contribution in [0.4, 0.5) is 0 Å². The largest absolute Gasteiger partial charge is 0.507 e. The lowest BCUT2D eigenvalue weighted by Gasteiger charge is -2.20. The molecule has 0 unspecified atom stereocenters. The lowest BCUT2D eigenvalue weighted by Crippen LogP contribution is -1.94. The Labute approximate surface area is 291 Å². The van der Waals surface area contributed by atoms with Crippen molar-refractivity contribution in [3.05, 3.63) is 150 Å². The number of aromatic hydroxyl groups is 3. The van der Waals surface area contributed by atoms with Crippen molar-refractivity contribution >= 4 is 55.2 Å². The highest BCUT2D eigenvalue weighted by Gasteiger charge is 2.23. The van der Waals surface area contributed by atoms with Gasteiger partial charge in [0.2, 0.25) is 0 Å². The van der Waals surface area contributed by atoms with Crippen molar-refractivity contribution in [2.24, 2.45) is 0 Å². The van der Waals surface area contributed by atoms with E-state index in [-0.39, 0.29) is 22.8 Å². The quantitative estimate of drug-likeness (QED) is 0.0753. The molecule has 3 nitrogen and oxygen atoms in total. The van der Waals surface area contributed by atoms with Gasteiger partial charge in [-0.25, -0.2) is 0 Å². The Bertz CT molecular complexity index is 2700. The first-order valence-corrected chi connectivity index (χ1v) is 16.8. The van der Waals surface area contributed by atoms with E-state index in [1.54, 1.807) is 13.8 Å². The molecule has 0 heterocycles. The van der Waals surface area contributed by atoms with Gasteiger partial charge in [0, 0.05) is 5.56 Å². The van der Waals surface area contributed by atoms with Gasteiger partial charge in [-0.2, -0.15) is 0 Å². The van der Waals surface area contributed by atoms with Crippen LogP contribution in [0.25, 0.3) is 88.6 Å². The van der Waals surface area contributed by atoms with E-state index in [9.17, 15) is 15.3 Å². The van der Waals surface area contributed by atoms with Crippen LogP contribution in [-0.2, 0) is 0 Å². The molecule has 242 valence electrons. The van der Waals surface area contributed by atoms with Crippen molar-refractivity contribution in [2.75, 3.05) is 0 Å². The molecule has 0 spiro atoms. The monoisotopic (exact) mass is 648 g/mol. The molecule has 0 amide bonds. The van der Waals surface area contributed by atoms with Gasteiger partial charge in [0.05, 0.1) is 5.56 Å². The Hall–Kier alpha value is -6.32. The first-order chi connectivity index (χ1) is 24.3. The molecule has 8 aromatic rings. The molecule has 50 heavy (non-hydrogen) atoms. The van der Waals surface area contributed by atoms with Gasteiger partial charge < -0.3 is 15.3 Å². The number of allylic oxidation sites excluding steroid dienone is 1. The third-order valence-electron chi connectivity index (χ3n) is 10.3. The first kappa shape index (κ1) is 31.0. The van der Waals surface area contributed by atoms with Crippen molar-refractivity contribution in [3.8, 4) is 50.6 Å². The van der Waals surface area contributed by atoms with Gasteiger partial charge in [0.15, 0.2) is 11.5 Å². The molecule has 0 atom stereocenters. The molecule has 0 saturated carbocycles. The summed E-state index contributed by atoms with van der Waals surface area (Å²) in [6.45, 7) is 9.49. The molecule has 3 N–H and O–H groups in total. The van der Waals surface area contributed by atoms with Crippen LogP contribution in [0.3, 0.4) is 0 Å². The first-order valence-electron chi connectivity index (χ1n) is 16.8. The zero-order valence-electron chi connectivity index (χ0n) is 28.3. The lowest BCUT2D eigenvalue weighted by molar-refractivity contribution is 0.394. The molecule has 3 heteroatoms.